The van der Waals surface area contributed by atoms with Gasteiger partial charge in [0.05, 0.1) is 22.0 Å². The number of aryl methyl sites for hydroxylation is 1. The summed E-state index contributed by atoms with van der Waals surface area (Å²) in [5.74, 6) is 0.331. The zero-order chi connectivity index (χ0) is 18.3. The molecule has 0 saturated carbocycles. The van der Waals surface area contributed by atoms with Gasteiger partial charge in [-0.05, 0) is 36.3 Å². The summed E-state index contributed by atoms with van der Waals surface area (Å²) in [6.45, 7) is 0. The van der Waals surface area contributed by atoms with Crippen LogP contribution in [0.3, 0.4) is 0 Å². The number of benzene rings is 2. The fourth-order valence-corrected chi connectivity index (χ4v) is 3.22. The van der Waals surface area contributed by atoms with E-state index >= 15 is 0 Å². The maximum atomic E-state index is 13.0. The highest BCUT2D eigenvalue weighted by Crippen LogP contribution is 2.38. The maximum Gasteiger partial charge on any atom is 0.418 e. The lowest BCUT2D eigenvalue weighted by Crippen LogP contribution is -2.18. The summed E-state index contributed by atoms with van der Waals surface area (Å²) in [4.78, 5) is 11.9. The third-order valence-corrected chi connectivity index (χ3v) is 4.77. The van der Waals surface area contributed by atoms with E-state index in [0.29, 0.717) is 0 Å². The van der Waals surface area contributed by atoms with Gasteiger partial charge in [0.25, 0.3) is 0 Å². The molecule has 2 aromatic carbocycles. The molecule has 2 rings (SSSR count). The van der Waals surface area contributed by atoms with Crippen molar-refractivity contribution in [3.05, 3.63) is 64.7 Å². The van der Waals surface area contributed by atoms with Crippen molar-refractivity contribution in [1.82, 2.24) is 0 Å². The molecule has 0 spiro atoms. The molecule has 7 heteroatoms. The Kier molecular flexibility index (Phi) is 7.20. The molecule has 0 saturated heterocycles. The van der Waals surface area contributed by atoms with Gasteiger partial charge < -0.3 is 5.32 Å². The lowest BCUT2D eigenvalue weighted by Gasteiger charge is -2.15. The average Bonchev–Trinajstić information content (AvgIpc) is 2.56. The highest BCUT2D eigenvalue weighted by atomic mass is 35.5. The van der Waals surface area contributed by atoms with E-state index in [1.165, 1.54) is 29.5 Å². The molecule has 0 aliphatic rings. The molecule has 0 unspecified atom stereocenters. The van der Waals surface area contributed by atoms with Gasteiger partial charge in [-0.3, -0.25) is 4.79 Å². The van der Waals surface area contributed by atoms with E-state index < -0.39 is 17.6 Å². The van der Waals surface area contributed by atoms with E-state index in [0.717, 1.165) is 24.7 Å². The maximum absolute atomic E-state index is 13.0. The number of nitrogens with one attached hydrogen (secondary N) is 1. The fraction of sp³-hybridized carbons (Fsp3) is 0.278. The molecule has 0 aromatic heterocycles. The Morgan fingerprint density at radius 1 is 1.08 bits per heavy atom. The first-order chi connectivity index (χ1) is 11.9. The number of amides is 1. The molecule has 2 aromatic rings. The Hall–Kier alpha value is -1.66. The van der Waals surface area contributed by atoms with Crippen LogP contribution in [0.2, 0.25) is 5.02 Å². The summed E-state index contributed by atoms with van der Waals surface area (Å²) in [5.41, 5.74) is -0.104. The van der Waals surface area contributed by atoms with Crippen LogP contribution in [0.25, 0.3) is 0 Å². The topological polar surface area (TPSA) is 29.1 Å². The van der Waals surface area contributed by atoms with Crippen LogP contribution in [-0.2, 0) is 17.4 Å². The number of alkyl halides is 3. The molecule has 25 heavy (non-hydrogen) atoms. The number of para-hydroxylation sites is 1. The van der Waals surface area contributed by atoms with Crippen LogP contribution >= 0.6 is 23.4 Å². The van der Waals surface area contributed by atoms with Crippen LogP contribution in [0.15, 0.2) is 48.5 Å². The predicted octanol–water partition coefficient (Wildman–Crippen LogP) is 5.66. The first-order valence-electron chi connectivity index (χ1n) is 7.65. The summed E-state index contributed by atoms with van der Waals surface area (Å²) in [7, 11) is 0. The molecule has 2 nitrogen and oxygen atoms in total. The van der Waals surface area contributed by atoms with E-state index in [1.54, 1.807) is 0 Å². The van der Waals surface area contributed by atoms with E-state index in [9.17, 15) is 18.0 Å². The largest absolute Gasteiger partial charge is 0.418 e. The van der Waals surface area contributed by atoms with Gasteiger partial charge in [-0.1, -0.05) is 48.0 Å². The first kappa shape index (κ1) is 19.7. The molecule has 134 valence electrons. The normalized spacial score (nSPS) is 11.4. The van der Waals surface area contributed by atoms with Crippen molar-refractivity contribution in [2.75, 3.05) is 16.8 Å². The smallest absolute Gasteiger partial charge is 0.324 e. The highest BCUT2D eigenvalue weighted by Gasteiger charge is 2.34. The van der Waals surface area contributed by atoms with Crippen molar-refractivity contribution in [2.45, 2.75) is 19.0 Å². The van der Waals surface area contributed by atoms with Gasteiger partial charge in [0, 0.05) is 0 Å². The second kappa shape index (κ2) is 9.15. The minimum absolute atomic E-state index is 0.0807. The Morgan fingerprint density at radius 2 is 1.80 bits per heavy atom. The fourth-order valence-electron chi connectivity index (χ4n) is 2.25. The first-order valence-corrected chi connectivity index (χ1v) is 9.18. The van der Waals surface area contributed by atoms with Crippen molar-refractivity contribution in [1.29, 1.82) is 0 Å². The van der Waals surface area contributed by atoms with Gasteiger partial charge in [-0.2, -0.15) is 24.9 Å². The van der Waals surface area contributed by atoms with Gasteiger partial charge in [0.1, 0.15) is 0 Å². The van der Waals surface area contributed by atoms with Crippen LogP contribution in [0.1, 0.15) is 17.5 Å². The SMILES string of the molecule is O=C(CSCCCc1ccccc1)Nc1c(Cl)cccc1C(F)(F)F. The molecule has 0 aliphatic carbocycles. The van der Waals surface area contributed by atoms with Gasteiger partial charge in [-0.15, -0.1) is 0 Å². The monoisotopic (exact) mass is 387 g/mol. The summed E-state index contributed by atoms with van der Waals surface area (Å²) >= 11 is 7.19. The molecule has 0 bridgehead atoms. The number of thioether (sulfide) groups is 1. The summed E-state index contributed by atoms with van der Waals surface area (Å²) in [6.07, 6.45) is -2.78. The molecule has 0 atom stereocenters. The van der Waals surface area contributed by atoms with Crippen molar-refractivity contribution in [2.24, 2.45) is 0 Å². The zero-order valence-corrected chi connectivity index (χ0v) is 14.8. The van der Waals surface area contributed by atoms with Crippen molar-refractivity contribution < 1.29 is 18.0 Å². The second-order valence-electron chi connectivity index (χ2n) is 5.35. The van der Waals surface area contributed by atoms with Crippen LogP contribution in [0, 0.1) is 0 Å². The Morgan fingerprint density at radius 3 is 2.48 bits per heavy atom. The number of halogens is 4. The number of carbonyl (C=O) groups excluding carboxylic acids is 1. The second-order valence-corrected chi connectivity index (χ2v) is 6.86. The van der Waals surface area contributed by atoms with Crippen molar-refractivity contribution in [3.63, 3.8) is 0 Å². The minimum atomic E-state index is -4.57. The average molecular weight is 388 g/mol. The Balaban J connectivity index is 1.81. The van der Waals surface area contributed by atoms with Crippen LogP contribution in [0.5, 0.6) is 0 Å². The van der Waals surface area contributed by atoms with E-state index in [-0.39, 0.29) is 16.5 Å². The minimum Gasteiger partial charge on any atom is -0.324 e. The zero-order valence-electron chi connectivity index (χ0n) is 13.3. The number of rotatable bonds is 7. The molecule has 0 fully saturated rings. The summed E-state index contributed by atoms with van der Waals surface area (Å²) in [6, 6.07) is 13.4. The van der Waals surface area contributed by atoms with Gasteiger partial charge in [0.2, 0.25) is 5.91 Å². The summed E-state index contributed by atoms with van der Waals surface area (Å²) < 4.78 is 38.9. The lowest BCUT2D eigenvalue weighted by molar-refractivity contribution is -0.137. The Bertz CT molecular complexity index is 707. The number of carbonyl (C=O) groups is 1. The highest BCUT2D eigenvalue weighted by molar-refractivity contribution is 7.99. The molecular formula is C18H17ClF3NOS. The number of anilines is 1. The van der Waals surface area contributed by atoms with E-state index in [1.807, 2.05) is 30.3 Å². The Labute approximate surface area is 153 Å². The standard InChI is InChI=1S/C18H17ClF3NOS/c19-15-10-4-9-14(18(20,21)22)17(15)23-16(24)12-25-11-5-8-13-6-2-1-3-7-13/h1-4,6-7,9-10H,5,8,11-12H2,(H,23,24). The number of hydrogen-bond donors (Lipinski definition) is 1. The molecule has 0 heterocycles. The molecular weight excluding hydrogens is 371 g/mol. The van der Waals surface area contributed by atoms with Gasteiger partial charge >= 0.3 is 6.18 Å². The molecule has 1 amide bonds. The summed E-state index contributed by atoms with van der Waals surface area (Å²) in [5, 5.41) is 2.15. The van der Waals surface area contributed by atoms with E-state index in [2.05, 4.69) is 5.32 Å². The van der Waals surface area contributed by atoms with Gasteiger partial charge in [0.15, 0.2) is 0 Å². The number of hydrogen-bond acceptors (Lipinski definition) is 2. The predicted molar refractivity (Wildman–Crippen MR) is 97.2 cm³/mol. The molecule has 0 aliphatic heterocycles. The molecule has 1 N–H and O–H groups in total. The van der Waals surface area contributed by atoms with Gasteiger partial charge in [-0.25, -0.2) is 0 Å². The quantitative estimate of drug-likeness (QED) is 0.621. The van der Waals surface area contributed by atoms with Crippen LogP contribution in [-0.4, -0.2) is 17.4 Å². The van der Waals surface area contributed by atoms with Crippen molar-refractivity contribution >= 4 is 35.0 Å². The van der Waals surface area contributed by atoms with Crippen molar-refractivity contribution in [3.8, 4) is 0 Å². The van der Waals surface area contributed by atoms with Crippen LogP contribution < -0.4 is 5.32 Å². The lowest BCUT2D eigenvalue weighted by atomic mass is 10.1. The third-order valence-electron chi connectivity index (χ3n) is 3.41. The molecule has 0 radical (unpaired) electrons. The van der Waals surface area contributed by atoms with E-state index in [4.69, 9.17) is 11.6 Å². The third kappa shape index (κ3) is 6.29. The van der Waals surface area contributed by atoms with Crippen LogP contribution in [0.4, 0.5) is 18.9 Å².